The Morgan fingerprint density at radius 3 is 1.97 bits per heavy atom. The zero-order chi connectivity index (χ0) is 26.4. The molecule has 0 saturated carbocycles. The Bertz CT molecular complexity index is 1210. The van der Waals surface area contributed by atoms with E-state index in [9.17, 15) is 19.5 Å². The zero-order valence-corrected chi connectivity index (χ0v) is 21.9. The SMILES string of the molecule is CCCCCC[C@H](O)CCCCC(=O)OC[C@H](C)N1C(=O)c2cc3cc4ccccc4cc3cc2C1=O. The van der Waals surface area contributed by atoms with E-state index in [4.69, 9.17) is 4.74 Å². The third kappa shape index (κ3) is 6.37. The average molecular weight is 504 g/mol. The van der Waals surface area contributed by atoms with Crippen LogP contribution in [-0.2, 0) is 9.53 Å². The van der Waals surface area contributed by atoms with Gasteiger partial charge in [0.25, 0.3) is 11.8 Å². The second kappa shape index (κ2) is 12.3. The number of benzene rings is 3. The van der Waals surface area contributed by atoms with Gasteiger partial charge in [0, 0.05) is 6.42 Å². The molecule has 3 aromatic carbocycles. The van der Waals surface area contributed by atoms with Gasteiger partial charge in [-0.1, -0.05) is 63.3 Å². The first-order chi connectivity index (χ1) is 17.9. The predicted octanol–water partition coefficient (Wildman–Crippen LogP) is 6.41. The van der Waals surface area contributed by atoms with E-state index in [1.807, 2.05) is 36.4 Å². The van der Waals surface area contributed by atoms with E-state index in [2.05, 4.69) is 6.92 Å². The maximum Gasteiger partial charge on any atom is 0.305 e. The van der Waals surface area contributed by atoms with Crippen molar-refractivity contribution in [2.24, 2.45) is 0 Å². The van der Waals surface area contributed by atoms with Crippen LogP contribution in [0.15, 0.2) is 48.5 Å². The molecule has 1 aliphatic heterocycles. The summed E-state index contributed by atoms with van der Waals surface area (Å²) in [6.45, 7) is 3.85. The Labute approximate surface area is 218 Å². The van der Waals surface area contributed by atoms with E-state index in [0.717, 1.165) is 47.2 Å². The second-order valence-electron chi connectivity index (χ2n) is 10.2. The van der Waals surface area contributed by atoms with E-state index >= 15 is 0 Å². The molecule has 2 atom stereocenters. The first kappa shape index (κ1) is 26.8. The van der Waals surface area contributed by atoms with Crippen LogP contribution in [0.3, 0.4) is 0 Å². The summed E-state index contributed by atoms with van der Waals surface area (Å²) in [5.41, 5.74) is 0.776. The highest BCUT2D eigenvalue weighted by molar-refractivity contribution is 6.23. The Morgan fingerprint density at radius 2 is 1.41 bits per heavy atom. The smallest absolute Gasteiger partial charge is 0.305 e. The highest BCUT2D eigenvalue weighted by atomic mass is 16.5. The van der Waals surface area contributed by atoms with Gasteiger partial charge in [0.1, 0.15) is 6.61 Å². The number of imide groups is 1. The van der Waals surface area contributed by atoms with E-state index in [1.165, 1.54) is 17.7 Å². The number of carbonyl (C=O) groups is 3. The maximum atomic E-state index is 13.1. The lowest BCUT2D eigenvalue weighted by atomic mass is 9.99. The molecule has 1 N–H and O–H groups in total. The van der Waals surface area contributed by atoms with Crippen molar-refractivity contribution < 1.29 is 24.2 Å². The van der Waals surface area contributed by atoms with Gasteiger partial charge < -0.3 is 9.84 Å². The molecule has 0 bridgehead atoms. The Balaban J connectivity index is 1.28. The molecular weight excluding hydrogens is 466 g/mol. The number of aliphatic hydroxyl groups is 1. The Hall–Kier alpha value is -3.25. The van der Waals surface area contributed by atoms with Crippen molar-refractivity contribution in [1.82, 2.24) is 4.90 Å². The van der Waals surface area contributed by atoms with Crippen molar-refractivity contribution in [3.05, 3.63) is 59.7 Å². The molecule has 6 heteroatoms. The molecule has 6 nitrogen and oxygen atoms in total. The summed E-state index contributed by atoms with van der Waals surface area (Å²) in [6, 6.07) is 15.1. The quantitative estimate of drug-likeness (QED) is 0.126. The summed E-state index contributed by atoms with van der Waals surface area (Å²) >= 11 is 0. The summed E-state index contributed by atoms with van der Waals surface area (Å²) in [7, 11) is 0. The van der Waals surface area contributed by atoms with Crippen molar-refractivity contribution in [2.75, 3.05) is 6.61 Å². The number of hydrogen-bond acceptors (Lipinski definition) is 5. The van der Waals surface area contributed by atoms with Gasteiger partial charge in [0.15, 0.2) is 0 Å². The number of unbranched alkanes of at least 4 members (excludes halogenated alkanes) is 4. The fraction of sp³-hybridized carbons (Fsp3) is 0.452. The summed E-state index contributed by atoms with van der Waals surface area (Å²) in [6.07, 6.45) is 7.44. The molecule has 0 saturated heterocycles. The number of nitrogens with zero attached hydrogens (tertiary/aromatic N) is 1. The number of ether oxygens (including phenoxy) is 1. The fourth-order valence-corrected chi connectivity index (χ4v) is 5.06. The molecule has 2 amide bonds. The Kier molecular flexibility index (Phi) is 8.93. The molecule has 0 fully saturated rings. The van der Waals surface area contributed by atoms with Crippen LogP contribution >= 0.6 is 0 Å². The highest BCUT2D eigenvalue weighted by Crippen LogP contribution is 2.31. The van der Waals surface area contributed by atoms with Crippen LogP contribution in [0.4, 0.5) is 0 Å². The van der Waals surface area contributed by atoms with E-state index in [1.54, 1.807) is 19.1 Å². The number of fused-ring (bicyclic) bond motifs is 3. The average Bonchev–Trinajstić information content (AvgIpc) is 3.13. The van der Waals surface area contributed by atoms with Gasteiger partial charge in [0.2, 0.25) is 0 Å². The van der Waals surface area contributed by atoms with Crippen molar-refractivity contribution in [3.8, 4) is 0 Å². The second-order valence-corrected chi connectivity index (χ2v) is 10.2. The van der Waals surface area contributed by atoms with Crippen LogP contribution in [0.5, 0.6) is 0 Å². The molecule has 1 heterocycles. The van der Waals surface area contributed by atoms with Crippen LogP contribution in [0, 0.1) is 0 Å². The molecule has 0 radical (unpaired) electrons. The molecule has 0 aromatic heterocycles. The highest BCUT2D eigenvalue weighted by Gasteiger charge is 2.39. The van der Waals surface area contributed by atoms with Crippen LogP contribution < -0.4 is 0 Å². The number of amides is 2. The summed E-state index contributed by atoms with van der Waals surface area (Å²) in [4.78, 5) is 39.7. The summed E-state index contributed by atoms with van der Waals surface area (Å²) in [5.74, 6) is -1.06. The largest absolute Gasteiger partial charge is 0.463 e. The van der Waals surface area contributed by atoms with Crippen LogP contribution in [0.1, 0.15) is 92.4 Å². The molecule has 4 rings (SSSR count). The molecule has 1 aliphatic rings. The molecule has 37 heavy (non-hydrogen) atoms. The monoisotopic (exact) mass is 503 g/mol. The number of aliphatic hydroxyl groups excluding tert-OH is 1. The van der Waals surface area contributed by atoms with Gasteiger partial charge in [-0.15, -0.1) is 0 Å². The van der Waals surface area contributed by atoms with Crippen molar-refractivity contribution >= 4 is 39.3 Å². The third-order valence-electron chi connectivity index (χ3n) is 7.23. The molecular formula is C31H37NO5. The lowest BCUT2D eigenvalue weighted by Crippen LogP contribution is -2.41. The van der Waals surface area contributed by atoms with Crippen molar-refractivity contribution in [1.29, 1.82) is 0 Å². The fourth-order valence-electron chi connectivity index (χ4n) is 5.06. The number of carbonyl (C=O) groups excluding carboxylic acids is 3. The zero-order valence-electron chi connectivity index (χ0n) is 21.9. The van der Waals surface area contributed by atoms with Gasteiger partial charge in [-0.3, -0.25) is 19.3 Å². The van der Waals surface area contributed by atoms with Gasteiger partial charge in [-0.25, -0.2) is 0 Å². The van der Waals surface area contributed by atoms with Crippen LogP contribution in [0.25, 0.3) is 21.5 Å². The normalized spacial score (nSPS) is 14.8. The number of esters is 1. The first-order valence-corrected chi connectivity index (χ1v) is 13.6. The van der Waals surface area contributed by atoms with E-state index in [-0.39, 0.29) is 36.9 Å². The number of rotatable bonds is 13. The summed E-state index contributed by atoms with van der Waals surface area (Å²) in [5, 5.41) is 14.0. The summed E-state index contributed by atoms with van der Waals surface area (Å²) < 4.78 is 5.39. The topological polar surface area (TPSA) is 83.9 Å². The van der Waals surface area contributed by atoms with E-state index in [0.29, 0.717) is 24.0 Å². The maximum absolute atomic E-state index is 13.1. The van der Waals surface area contributed by atoms with Crippen LogP contribution in [-0.4, -0.2) is 46.5 Å². The molecule has 0 aliphatic carbocycles. The van der Waals surface area contributed by atoms with Gasteiger partial charge in [-0.2, -0.15) is 0 Å². The minimum atomic E-state index is -0.566. The minimum Gasteiger partial charge on any atom is -0.463 e. The van der Waals surface area contributed by atoms with Crippen molar-refractivity contribution in [2.45, 2.75) is 83.8 Å². The van der Waals surface area contributed by atoms with Gasteiger partial charge in [-0.05, 0) is 72.0 Å². The molecule has 3 aromatic rings. The lowest BCUT2D eigenvalue weighted by molar-refractivity contribution is -0.145. The predicted molar refractivity (Wildman–Crippen MR) is 146 cm³/mol. The molecule has 0 unspecified atom stereocenters. The third-order valence-corrected chi connectivity index (χ3v) is 7.23. The van der Waals surface area contributed by atoms with Gasteiger partial charge >= 0.3 is 5.97 Å². The standard InChI is InChI=1S/C31H37NO5/c1-3-4-5-6-13-26(33)14-9-10-15-29(34)37-20-21(2)32-30(35)27-18-24-16-22-11-7-8-12-23(22)17-25(24)19-28(27)31(32)36/h7-8,11-12,16-19,21,26,33H,3-6,9-10,13-15,20H2,1-2H3/t21-,26-/m0/s1. The molecule has 0 spiro atoms. The first-order valence-electron chi connectivity index (χ1n) is 13.6. The van der Waals surface area contributed by atoms with E-state index < -0.39 is 6.04 Å². The van der Waals surface area contributed by atoms with Crippen molar-refractivity contribution in [3.63, 3.8) is 0 Å². The Morgan fingerprint density at radius 1 is 0.838 bits per heavy atom. The van der Waals surface area contributed by atoms with Gasteiger partial charge in [0.05, 0.1) is 23.3 Å². The number of hydrogen-bond donors (Lipinski definition) is 1. The van der Waals surface area contributed by atoms with Crippen LogP contribution in [0.2, 0.25) is 0 Å². The lowest BCUT2D eigenvalue weighted by Gasteiger charge is -2.22. The molecule has 196 valence electrons. The minimum absolute atomic E-state index is 0.0340.